The number of benzene rings is 3. The van der Waals surface area contributed by atoms with Gasteiger partial charge in [-0.2, -0.15) is 0 Å². The second kappa shape index (κ2) is 9.30. The van der Waals surface area contributed by atoms with Gasteiger partial charge in [0, 0.05) is 5.56 Å². The monoisotopic (exact) mass is 338 g/mol. The highest BCUT2D eigenvalue weighted by Gasteiger charge is 1.98. The van der Waals surface area contributed by atoms with Crippen molar-refractivity contribution < 1.29 is 5.11 Å². The van der Waals surface area contributed by atoms with Crippen LogP contribution >= 0.6 is 0 Å². The third kappa shape index (κ3) is 5.69. The number of rotatable bonds is 5. The number of phenolic OH excluding ortho intramolecular Hbond substituents is 1. The van der Waals surface area contributed by atoms with Crippen LogP contribution in [0.3, 0.4) is 0 Å². The van der Waals surface area contributed by atoms with E-state index >= 15 is 0 Å². The molecule has 128 valence electrons. The molecule has 0 atom stereocenters. The zero-order valence-electron chi connectivity index (χ0n) is 14.7. The lowest BCUT2D eigenvalue weighted by Gasteiger charge is -2.03. The molecule has 0 saturated heterocycles. The highest BCUT2D eigenvalue weighted by atomic mass is 16.3. The molecular formula is C25H22O. The van der Waals surface area contributed by atoms with Gasteiger partial charge < -0.3 is 5.11 Å². The molecule has 1 N–H and O–H groups in total. The summed E-state index contributed by atoms with van der Waals surface area (Å²) >= 11 is 0. The number of aryl methyl sites for hydroxylation is 1. The fourth-order valence-electron chi connectivity index (χ4n) is 2.69. The molecule has 0 spiro atoms. The molecule has 0 bridgehead atoms. The second-order valence-electron chi connectivity index (χ2n) is 6.20. The minimum Gasteiger partial charge on any atom is -0.508 e. The zero-order chi connectivity index (χ0) is 18.0. The van der Waals surface area contributed by atoms with Crippen LogP contribution in [-0.4, -0.2) is 5.11 Å². The number of hydrogen-bond donors (Lipinski definition) is 1. The summed E-state index contributed by atoms with van der Waals surface area (Å²) in [4.78, 5) is 0. The summed E-state index contributed by atoms with van der Waals surface area (Å²) in [6, 6.07) is 28.0. The summed E-state index contributed by atoms with van der Waals surface area (Å²) < 4.78 is 0. The Labute approximate surface area is 155 Å². The van der Waals surface area contributed by atoms with Crippen LogP contribution in [0.4, 0.5) is 0 Å². The van der Waals surface area contributed by atoms with Crippen molar-refractivity contribution in [2.45, 2.75) is 19.3 Å². The van der Waals surface area contributed by atoms with E-state index in [0.717, 1.165) is 30.4 Å². The Balaban J connectivity index is 1.75. The Bertz CT molecular complexity index is 895. The van der Waals surface area contributed by atoms with E-state index in [-0.39, 0.29) is 5.75 Å². The van der Waals surface area contributed by atoms with E-state index in [1.165, 1.54) is 11.1 Å². The minimum atomic E-state index is 0.263. The summed E-state index contributed by atoms with van der Waals surface area (Å²) in [6.07, 6.45) is 5.01. The Kier molecular flexibility index (Phi) is 6.29. The Morgan fingerprint density at radius 1 is 0.769 bits per heavy atom. The average Bonchev–Trinajstić information content (AvgIpc) is 2.70. The number of phenols is 1. The van der Waals surface area contributed by atoms with Crippen molar-refractivity contribution in [2.24, 2.45) is 0 Å². The Morgan fingerprint density at radius 3 is 2.04 bits per heavy atom. The van der Waals surface area contributed by atoms with Crippen molar-refractivity contribution in [3.63, 3.8) is 0 Å². The zero-order valence-corrected chi connectivity index (χ0v) is 14.7. The SMILES string of the molecule is Oc1ccc(C#C/C(=C/Cc2ccccc2)CCc2ccccc2)cc1. The Hall–Kier alpha value is -3.24. The third-order valence-corrected chi connectivity index (χ3v) is 4.19. The molecule has 0 fully saturated rings. The van der Waals surface area contributed by atoms with Gasteiger partial charge in [0.1, 0.15) is 5.75 Å². The normalized spacial score (nSPS) is 10.8. The lowest BCUT2D eigenvalue weighted by Crippen LogP contribution is -1.90. The van der Waals surface area contributed by atoms with Gasteiger partial charge >= 0.3 is 0 Å². The maximum absolute atomic E-state index is 9.40. The summed E-state index contributed by atoms with van der Waals surface area (Å²) in [5.74, 6) is 6.80. The largest absolute Gasteiger partial charge is 0.508 e. The van der Waals surface area contributed by atoms with Crippen LogP contribution < -0.4 is 0 Å². The Morgan fingerprint density at radius 2 is 1.38 bits per heavy atom. The van der Waals surface area contributed by atoms with Gasteiger partial charge in [0.05, 0.1) is 0 Å². The molecule has 0 aliphatic rings. The molecule has 0 aliphatic carbocycles. The van der Waals surface area contributed by atoms with Gasteiger partial charge in [-0.05, 0) is 60.2 Å². The molecule has 1 nitrogen and oxygen atoms in total. The van der Waals surface area contributed by atoms with Crippen LogP contribution in [0.15, 0.2) is 96.6 Å². The molecule has 1 heteroatoms. The predicted octanol–water partition coefficient (Wildman–Crippen LogP) is 5.55. The first-order valence-corrected chi connectivity index (χ1v) is 8.87. The maximum Gasteiger partial charge on any atom is 0.115 e. The summed E-state index contributed by atoms with van der Waals surface area (Å²) in [7, 11) is 0. The average molecular weight is 338 g/mol. The van der Waals surface area contributed by atoms with Crippen LogP contribution in [-0.2, 0) is 12.8 Å². The molecule has 3 rings (SSSR count). The van der Waals surface area contributed by atoms with Crippen LogP contribution in [0.5, 0.6) is 5.75 Å². The van der Waals surface area contributed by atoms with Gasteiger partial charge in [-0.1, -0.05) is 78.6 Å². The summed E-state index contributed by atoms with van der Waals surface area (Å²) in [6.45, 7) is 0. The molecule has 0 aromatic heterocycles. The predicted molar refractivity (Wildman–Crippen MR) is 108 cm³/mol. The lowest BCUT2D eigenvalue weighted by atomic mass is 10.0. The molecule has 0 unspecified atom stereocenters. The standard InChI is InChI=1S/C25H22O/c26-25-19-17-24(18-20-25)16-15-23(13-11-21-7-3-1-4-8-21)14-12-22-9-5-2-6-10-22/h1-10,13,17-20,26H,11-12,14H2/b23-13+. The second-order valence-corrected chi connectivity index (χ2v) is 6.20. The van der Waals surface area contributed by atoms with Gasteiger partial charge in [-0.25, -0.2) is 0 Å². The molecule has 0 heterocycles. The fraction of sp³-hybridized carbons (Fsp3) is 0.120. The number of aromatic hydroxyl groups is 1. The fourth-order valence-corrected chi connectivity index (χ4v) is 2.69. The van der Waals surface area contributed by atoms with Crippen molar-refractivity contribution in [2.75, 3.05) is 0 Å². The smallest absolute Gasteiger partial charge is 0.115 e. The number of hydrogen-bond acceptors (Lipinski definition) is 1. The molecular weight excluding hydrogens is 316 g/mol. The van der Waals surface area contributed by atoms with Gasteiger partial charge in [-0.15, -0.1) is 0 Å². The molecule has 0 saturated carbocycles. The highest BCUT2D eigenvalue weighted by molar-refractivity contribution is 5.43. The highest BCUT2D eigenvalue weighted by Crippen LogP contribution is 2.12. The van der Waals surface area contributed by atoms with Crippen LogP contribution in [0.25, 0.3) is 0 Å². The van der Waals surface area contributed by atoms with Crippen molar-refractivity contribution >= 4 is 0 Å². The summed E-state index contributed by atoms with van der Waals surface area (Å²) in [5.41, 5.74) is 4.67. The van der Waals surface area contributed by atoms with Crippen LogP contribution in [0, 0.1) is 11.8 Å². The maximum atomic E-state index is 9.40. The van der Waals surface area contributed by atoms with E-state index in [9.17, 15) is 5.11 Å². The van der Waals surface area contributed by atoms with Crippen molar-refractivity contribution in [1.29, 1.82) is 0 Å². The molecule has 0 aliphatic heterocycles. The van der Waals surface area contributed by atoms with Gasteiger partial charge in [0.2, 0.25) is 0 Å². The quantitative estimate of drug-likeness (QED) is 0.605. The molecule has 0 amide bonds. The van der Waals surface area contributed by atoms with E-state index in [1.54, 1.807) is 12.1 Å². The number of allylic oxidation sites excluding steroid dienone is 2. The van der Waals surface area contributed by atoms with E-state index in [1.807, 2.05) is 24.3 Å². The molecule has 0 radical (unpaired) electrons. The first-order valence-electron chi connectivity index (χ1n) is 8.87. The van der Waals surface area contributed by atoms with Gasteiger partial charge in [0.15, 0.2) is 0 Å². The van der Waals surface area contributed by atoms with Gasteiger partial charge in [-0.3, -0.25) is 0 Å². The first kappa shape index (κ1) is 17.6. The molecule has 26 heavy (non-hydrogen) atoms. The van der Waals surface area contributed by atoms with Gasteiger partial charge in [0.25, 0.3) is 0 Å². The minimum absolute atomic E-state index is 0.263. The van der Waals surface area contributed by atoms with E-state index in [4.69, 9.17) is 0 Å². The van der Waals surface area contributed by atoms with E-state index in [2.05, 4.69) is 66.4 Å². The first-order chi connectivity index (χ1) is 12.8. The molecule has 3 aromatic carbocycles. The van der Waals surface area contributed by atoms with Crippen molar-refractivity contribution in [3.05, 3.63) is 113 Å². The van der Waals surface area contributed by atoms with E-state index < -0.39 is 0 Å². The third-order valence-electron chi connectivity index (χ3n) is 4.19. The van der Waals surface area contributed by atoms with Crippen molar-refractivity contribution in [3.8, 4) is 17.6 Å². The van der Waals surface area contributed by atoms with Crippen LogP contribution in [0.1, 0.15) is 23.1 Å². The molecule has 3 aromatic rings. The van der Waals surface area contributed by atoms with E-state index in [0.29, 0.717) is 0 Å². The summed E-state index contributed by atoms with van der Waals surface area (Å²) in [5, 5.41) is 9.40. The van der Waals surface area contributed by atoms with Crippen molar-refractivity contribution in [1.82, 2.24) is 0 Å². The topological polar surface area (TPSA) is 20.2 Å². The van der Waals surface area contributed by atoms with Crippen LogP contribution in [0.2, 0.25) is 0 Å². The lowest BCUT2D eigenvalue weighted by molar-refractivity contribution is 0.475.